The van der Waals surface area contributed by atoms with Gasteiger partial charge >= 0.3 is 6.03 Å². The summed E-state index contributed by atoms with van der Waals surface area (Å²) in [5.74, 6) is -0.0846. The summed E-state index contributed by atoms with van der Waals surface area (Å²) in [5.41, 5.74) is 0.613. The molecule has 130 valence electrons. The highest BCUT2D eigenvalue weighted by molar-refractivity contribution is 5.94. The van der Waals surface area contributed by atoms with E-state index in [-0.39, 0.29) is 24.1 Å². The van der Waals surface area contributed by atoms with Crippen molar-refractivity contribution in [3.63, 3.8) is 0 Å². The van der Waals surface area contributed by atoms with E-state index in [0.29, 0.717) is 25.2 Å². The Morgan fingerprint density at radius 3 is 2.62 bits per heavy atom. The van der Waals surface area contributed by atoms with Crippen molar-refractivity contribution in [1.82, 2.24) is 20.5 Å². The first kappa shape index (κ1) is 16.7. The minimum Gasteiger partial charge on any atom is -0.376 e. The van der Waals surface area contributed by atoms with Crippen LogP contribution in [0.4, 0.5) is 4.79 Å². The number of piperidine rings is 1. The molecule has 7 heteroatoms. The van der Waals surface area contributed by atoms with Gasteiger partial charge in [0.15, 0.2) is 0 Å². The predicted molar refractivity (Wildman–Crippen MR) is 88.7 cm³/mol. The molecule has 2 fully saturated rings. The Hall–Kier alpha value is -2.15. The molecule has 0 saturated carbocycles. The Labute approximate surface area is 141 Å². The fraction of sp³-hybridized carbons (Fsp3) is 0.588. The molecule has 1 unspecified atom stereocenters. The maximum atomic E-state index is 12.2. The Kier molecular flexibility index (Phi) is 5.63. The molecule has 1 atom stereocenters. The normalized spacial score (nSPS) is 21.5. The zero-order valence-corrected chi connectivity index (χ0v) is 13.7. The van der Waals surface area contributed by atoms with Crippen molar-refractivity contribution < 1.29 is 14.3 Å². The van der Waals surface area contributed by atoms with Crippen LogP contribution in [-0.2, 0) is 4.74 Å². The number of nitrogens with one attached hydrogen (secondary N) is 2. The highest BCUT2D eigenvalue weighted by Gasteiger charge is 2.25. The summed E-state index contributed by atoms with van der Waals surface area (Å²) in [7, 11) is 0. The van der Waals surface area contributed by atoms with Crippen LogP contribution in [0.25, 0.3) is 0 Å². The lowest BCUT2D eigenvalue weighted by Crippen LogP contribution is -2.50. The van der Waals surface area contributed by atoms with Crippen molar-refractivity contribution in [3.8, 4) is 0 Å². The molecule has 3 amide bonds. The molecule has 3 rings (SSSR count). The molecule has 0 radical (unpaired) electrons. The first-order chi connectivity index (χ1) is 11.7. The number of carbonyl (C=O) groups is 2. The van der Waals surface area contributed by atoms with E-state index in [4.69, 9.17) is 4.74 Å². The summed E-state index contributed by atoms with van der Waals surface area (Å²) in [6, 6.07) is 3.46. The molecule has 2 aliphatic rings. The van der Waals surface area contributed by atoms with Crippen LogP contribution < -0.4 is 10.6 Å². The molecule has 0 aliphatic carbocycles. The second-order valence-electron chi connectivity index (χ2n) is 6.29. The number of pyridine rings is 1. The van der Waals surface area contributed by atoms with Gasteiger partial charge in [-0.25, -0.2) is 4.79 Å². The van der Waals surface area contributed by atoms with Gasteiger partial charge in [0.2, 0.25) is 0 Å². The second-order valence-corrected chi connectivity index (χ2v) is 6.29. The topological polar surface area (TPSA) is 83.6 Å². The van der Waals surface area contributed by atoms with Crippen LogP contribution in [0.15, 0.2) is 24.5 Å². The van der Waals surface area contributed by atoms with Crippen molar-refractivity contribution in [2.45, 2.75) is 37.8 Å². The molecular formula is C17H24N4O3. The first-order valence-electron chi connectivity index (χ1n) is 8.57. The number of likely N-dealkylation sites (tertiary alicyclic amines) is 1. The number of carbonyl (C=O) groups excluding carboxylic acids is 2. The van der Waals surface area contributed by atoms with E-state index in [1.54, 1.807) is 24.5 Å². The van der Waals surface area contributed by atoms with Crippen LogP contribution in [-0.4, -0.2) is 60.2 Å². The highest BCUT2D eigenvalue weighted by atomic mass is 16.5. The lowest BCUT2D eigenvalue weighted by Gasteiger charge is -2.32. The van der Waals surface area contributed by atoms with E-state index in [0.717, 1.165) is 32.3 Å². The molecule has 0 bridgehead atoms. The highest BCUT2D eigenvalue weighted by Crippen LogP contribution is 2.13. The molecule has 0 aromatic carbocycles. The second kappa shape index (κ2) is 8.10. The number of amides is 3. The van der Waals surface area contributed by atoms with Gasteiger partial charge in [0.25, 0.3) is 5.91 Å². The average molecular weight is 332 g/mol. The number of hydrogen-bond donors (Lipinski definition) is 2. The van der Waals surface area contributed by atoms with E-state index in [9.17, 15) is 9.59 Å². The molecule has 2 saturated heterocycles. The molecule has 1 aromatic rings. The van der Waals surface area contributed by atoms with Crippen molar-refractivity contribution in [1.29, 1.82) is 0 Å². The third-order valence-electron chi connectivity index (χ3n) is 4.56. The van der Waals surface area contributed by atoms with Gasteiger partial charge in [0, 0.05) is 50.2 Å². The fourth-order valence-electron chi connectivity index (χ4n) is 3.12. The van der Waals surface area contributed by atoms with Crippen molar-refractivity contribution in [2.24, 2.45) is 0 Å². The standard InChI is InChI=1S/C17H24N4O3/c22-16(13-3-7-18-8-4-13)20-14-5-9-21(10-6-14)17(23)19-12-15-2-1-11-24-15/h3-4,7-8,14-15H,1-2,5-6,9-12H2,(H,19,23)(H,20,22). The van der Waals surface area contributed by atoms with Gasteiger partial charge in [-0.1, -0.05) is 0 Å². The number of nitrogens with zero attached hydrogens (tertiary/aromatic N) is 2. The number of urea groups is 1. The van der Waals surface area contributed by atoms with E-state index in [2.05, 4.69) is 15.6 Å². The monoisotopic (exact) mass is 332 g/mol. The largest absolute Gasteiger partial charge is 0.376 e. The lowest BCUT2D eigenvalue weighted by atomic mass is 10.0. The Morgan fingerprint density at radius 1 is 1.21 bits per heavy atom. The summed E-state index contributed by atoms with van der Waals surface area (Å²) in [6.07, 6.45) is 7.00. The third kappa shape index (κ3) is 4.44. The van der Waals surface area contributed by atoms with Gasteiger partial charge in [-0.05, 0) is 37.8 Å². The average Bonchev–Trinajstić information content (AvgIpc) is 3.14. The van der Waals surface area contributed by atoms with Gasteiger partial charge in [-0.3, -0.25) is 9.78 Å². The first-order valence-corrected chi connectivity index (χ1v) is 8.57. The van der Waals surface area contributed by atoms with E-state index >= 15 is 0 Å². The maximum absolute atomic E-state index is 12.2. The Morgan fingerprint density at radius 2 is 1.96 bits per heavy atom. The zero-order valence-electron chi connectivity index (χ0n) is 13.7. The molecule has 24 heavy (non-hydrogen) atoms. The molecule has 7 nitrogen and oxygen atoms in total. The van der Waals surface area contributed by atoms with Crippen LogP contribution in [0.1, 0.15) is 36.0 Å². The summed E-state index contributed by atoms with van der Waals surface area (Å²) in [4.78, 5) is 30.0. The van der Waals surface area contributed by atoms with Gasteiger partial charge < -0.3 is 20.3 Å². The zero-order chi connectivity index (χ0) is 16.8. The minimum absolute atomic E-state index is 0.0376. The Bertz CT molecular complexity index is 552. The van der Waals surface area contributed by atoms with Gasteiger partial charge in [-0.15, -0.1) is 0 Å². The summed E-state index contributed by atoms with van der Waals surface area (Å²) < 4.78 is 5.51. The smallest absolute Gasteiger partial charge is 0.317 e. The molecule has 2 N–H and O–H groups in total. The number of rotatable bonds is 4. The minimum atomic E-state index is -0.0846. The van der Waals surface area contributed by atoms with Gasteiger partial charge in [-0.2, -0.15) is 0 Å². The summed E-state index contributed by atoms with van der Waals surface area (Å²) in [6.45, 7) is 2.68. The third-order valence-corrected chi connectivity index (χ3v) is 4.56. The molecular weight excluding hydrogens is 308 g/mol. The van der Waals surface area contributed by atoms with Crippen LogP contribution in [0, 0.1) is 0 Å². The van der Waals surface area contributed by atoms with Crippen molar-refractivity contribution in [3.05, 3.63) is 30.1 Å². The molecule has 2 aliphatic heterocycles. The Balaban J connectivity index is 1.39. The predicted octanol–water partition coefficient (Wildman–Crippen LogP) is 1.16. The van der Waals surface area contributed by atoms with E-state index < -0.39 is 0 Å². The van der Waals surface area contributed by atoms with Crippen LogP contribution >= 0.6 is 0 Å². The molecule has 3 heterocycles. The van der Waals surface area contributed by atoms with E-state index in [1.807, 2.05) is 4.90 Å². The van der Waals surface area contributed by atoms with Crippen LogP contribution in [0.2, 0.25) is 0 Å². The van der Waals surface area contributed by atoms with Gasteiger partial charge in [0.05, 0.1) is 6.10 Å². The van der Waals surface area contributed by atoms with Crippen molar-refractivity contribution >= 4 is 11.9 Å². The van der Waals surface area contributed by atoms with E-state index in [1.165, 1.54) is 0 Å². The summed E-state index contributed by atoms with van der Waals surface area (Å²) in [5, 5.41) is 5.97. The van der Waals surface area contributed by atoms with Crippen LogP contribution in [0.3, 0.4) is 0 Å². The lowest BCUT2D eigenvalue weighted by molar-refractivity contribution is 0.0913. The number of hydrogen-bond acceptors (Lipinski definition) is 4. The van der Waals surface area contributed by atoms with Gasteiger partial charge in [0.1, 0.15) is 0 Å². The molecule has 0 spiro atoms. The number of ether oxygens (including phenoxy) is 1. The number of aromatic nitrogens is 1. The van der Waals surface area contributed by atoms with Crippen LogP contribution in [0.5, 0.6) is 0 Å². The maximum Gasteiger partial charge on any atom is 0.317 e. The SMILES string of the molecule is O=C(NC1CCN(C(=O)NCC2CCCO2)CC1)c1ccncc1. The fourth-order valence-corrected chi connectivity index (χ4v) is 3.12. The molecule has 1 aromatic heterocycles. The quantitative estimate of drug-likeness (QED) is 0.867. The summed E-state index contributed by atoms with van der Waals surface area (Å²) >= 11 is 0. The van der Waals surface area contributed by atoms with Crippen molar-refractivity contribution in [2.75, 3.05) is 26.2 Å².